The molecule has 4 heteroatoms. The second kappa shape index (κ2) is 4.94. The molecule has 0 bridgehead atoms. The Kier molecular flexibility index (Phi) is 3.37. The van der Waals surface area contributed by atoms with Gasteiger partial charge in [0.2, 0.25) is 5.88 Å². The summed E-state index contributed by atoms with van der Waals surface area (Å²) in [4.78, 5) is 8.40. The molecule has 0 radical (unpaired) electrons. The Bertz CT molecular complexity index is 488. The van der Waals surface area contributed by atoms with Crippen molar-refractivity contribution in [3.8, 4) is 17.1 Å². The highest BCUT2D eigenvalue weighted by molar-refractivity contribution is 6.33. The quantitative estimate of drug-likeness (QED) is 0.818. The number of hydrogen-bond donors (Lipinski definition) is 0. The third kappa shape index (κ3) is 2.31. The molecule has 1 aromatic heterocycles. The van der Waals surface area contributed by atoms with Gasteiger partial charge in [-0.2, -0.15) is 0 Å². The molecule has 0 aliphatic carbocycles. The fourth-order valence-corrected chi connectivity index (χ4v) is 1.60. The maximum atomic E-state index is 6.08. The van der Waals surface area contributed by atoms with E-state index in [4.69, 9.17) is 16.3 Å². The second-order valence-corrected chi connectivity index (χ2v) is 3.56. The Balaban J connectivity index is 2.40. The van der Waals surface area contributed by atoms with E-state index in [1.807, 2.05) is 31.2 Å². The van der Waals surface area contributed by atoms with Crippen LogP contribution in [-0.2, 0) is 0 Å². The highest BCUT2D eigenvalue weighted by Crippen LogP contribution is 2.26. The minimum atomic E-state index is 0.514. The predicted octanol–water partition coefficient (Wildman–Crippen LogP) is 3.20. The van der Waals surface area contributed by atoms with Gasteiger partial charge in [-0.15, -0.1) is 0 Å². The lowest BCUT2D eigenvalue weighted by molar-refractivity contribution is 0.325. The number of rotatable bonds is 3. The van der Waals surface area contributed by atoms with Crippen LogP contribution in [0.1, 0.15) is 6.92 Å². The zero-order valence-corrected chi connectivity index (χ0v) is 9.61. The number of nitrogens with zero attached hydrogens (tertiary/aromatic N) is 2. The van der Waals surface area contributed by atoms with E-state index in [9.17, 15) is 0 Å². The molecular formula is C12H11ClN2O. The lowest BCUT2D eigenvalue weighted by atomic mass is 10.2. The van der Waals surface area contributed by atoms with Gasteiger partial charge < -0.3 is 4.74 Å². The molecule has 3 nitrogen and oxygen atoms in total. The average Bonchev–Trinajstić information content (AvgIpc) is 2.30. The van der Waals surface area contributed by atoms with Gasteiger partial charge in [-0.05, 0) is 13.0 Å². The zero-order valence-electron chi connectivity index (χ0n) is 8.85. The average molecular weight is 235 g/mol. The van der Waals surface area contributed by atoms with Gasteiger partial charge in [0.05, 0.1) is 29.7 Å². The van der Waals surface area contributed by atoms with Crippen LogP contribution >= 0.6 is 11.6 Å². The van der Waals surface area contributed by atoms with Crippen LogP contribution in [0.5, 0.6) is 5.88 Å². The van der Waals surface area contributed by atoms with Crippen LogP contribution in [0.15, 0.2) is 36.7 Å². The monoisotopic (exact) mass is 234 g/mol. The highest BCUT2D eigenvalue weighted by atomic mass is 35.5. The van der Waals surface area contributed by atoms with E-state index in [0.29, 0.717) is 17.5 Å². The van der Waals surface area contributed by atoms with Crippen molar-refractivity contribution >= 4 is 11.6 Å². The third-order valence-electron chi connectivity index (χ3n) is 2.05. The molecule has 0 aliphatic rings. The van der Waals surface area contributed by atoms with E-state index < -0.39 is 0 Å². The van der Waals surface area contributed by atoms with E-state index in [-0.39, 0.29) is 0 Å². The SMILES string of the molecule is CCOc1cncc(-c2ccccc2Cl)n1. The molecule has 0 saturated carbocycles. The minimum Gasteiger partial charge on any atom is -0.477 e. The molecule has 0 N–H and O–H groups in total. The summed E-state index contributed by atoms with van der Waals surface area (Å²) < 4.78 is 5.29. The fraction of sp³-hybridized carbons (Fsp3) is 0.167. The minimum absolute atomic E-state index is 0.514. The standard InChI is InChI=1S/C12H11ClN2O/c1-2-16-12-8-14-7-11(15-12)9-5-3-4-6-10(9)13/h3-8H,2H2,1H3. The highest BCUT2D eigenvalue weighted by Gasteiger charge is 2.05. The van der Waals surface area contributed by atoms with Crippen LogP contribution in [0.4, 0.5) is 0 Å². The predicted molar refractivity (Wildman–Crippen MR) is 63.6 cm³/mol. The molecule has 0 aliphatic heterocycles. The Morgan fingerprint density at radius 3 is 2.81 bits per heavy atom. The van der Waals surface area contributed by atoms with Gasteiger partial charge in [0.1, 0.15) is 0 Å². The molecule has 1 heterocycles. The number of ether oxygens (including phenoxy) is 1. The largest absolute Gasteiger partial charge is 0.477 e. The van der Waals surface area contributed by atoms with Crippen molar-refractivity contribution in [3.05, 3.63) is 41.7 Å². The summed E-state index contributed by atoms with van der Waals surface area (Å²) in [7, 11) is 0. The van der Waals surface area contributed by atoms with Crippen molar-refractivity contribution in [3.63, 3.8) is 0 Å². The summed E-state index contributed by atoms with van der Waals surface area (Å²) in [6, 6.07) is 7.52. The van der Waals surface area contributed by atoms with Crippen molar-refractivity contribution in [2.45, 2.75) is 6.92 Å². The second-order valence-electron chi connectivity index (χ2n) is 3.16. The van der Waals surface area contributed by atoms with E-state index in [0.717, 1.165) is 11.3 Å². The molecule has 0 saturated heterocycles. The van der Waals surface area contributed by atoms with Crippen LogP contribution in [0.3, 0.4) is 0 Å². The van der Waals surface area contributed by atoms with E-state index in [2.05, 4.69) is 9.97 Å². The first-order chi connectivity index (χ1) is 7.81. The summed E-state index contributed by atoms with van der Waals surface area (Å²) >= 11 is 6.08. The van der Waals surface area contributed by atoms with Gasteiger partial charge in [0.15, 0.2) is 0 Å². The van der Waals surface area contributed by atoms with E-state index >= 15 is 0 Å². The first kappa shape index (κ1) is 10.9. The van der Waals surface area contributed by atoms with Gasteiger partial charge >= 0.3 is 0 Å². The van der Waals surface area contributed by atoms with Crippen LogP contribution < -0.4 is 4.74 Å². The molecule has 0 spiro atoms. The maximum Gasteiger partial charge on any atom is 0.232 e. The Morgan fingerprint density at radius 1 is 1.25 bits per heavy atom. The number of hydrogen-bond acceptors (Lipinski definition) is 3. The molecule has 16 heavy (non-hydrogen) atoms. The molecule has 0 fully saturated rings. The lowest BCUT2D eigenvalue weighted by Gasteiger charge is -2.05. The number of halogens is 1. The van der Waals surface area contributed by atoms with Gasteiger partial charge in [0.25, 0.3) is 0 Å². The van der Waals surface area contributed by atoms with Crippen LogP contribution in [-0.4, -0.2) is 16.6 Å². The van der Waals surface area contributed by atoms with Crippen molar-refractivity contribution in [2.24, 2.45) is 0 Å². The maximum absolute atomic E-state index is 6.08. The van der Waals surface area contributed by atoms with Crippen LogP contribution in [0.25, 0.3) is 11.3 Å². The van der Waals surface area contributed by atoms with Crippen molar-refractivity contribution in [1.29, 1.82) is 0 Å². The summed E-state index contributed by atoms with van der Waals surface area (Å²) in [5, 5.41) is 0.658. The van der Waals surface area contributed by atoms with Crippen LogP contribution in [0.2, 0.25) is 5.02 Å². The molecule has 1 aromatic carbocycles. The smallest absolute Gasteiger partial charge is 0.232 e. The molecule has 0 amide bonds. The van der Waals surface area contributed by atoms with Gasteiger partial charge in [-0.1, -0.05) is 29.8 Å². The Hall–Kier alpha value is -1.61. The summed E-state index contributed by atoms with van der Waals surface area (Å²) in [6.45, 7) is 2.48. The van der Waals surface area contributed by atoms with E-state index in [1.165, 1.54) is 0 Å². The number of aromatic nitrogens is 2. The molecular weight excluding hydrogens is 224 g/mol. The van der Waals surface area contributed by atoms with Gasteiger partial charge in [-0.25, -0.2) is 4.98 Å². The van der Waals surface area contributed by atoms with Crippen molar-refractivity contribution < 1.29 is 4.74 Å². The first-order valence-corrected chi connectivity index (χ1v) is 5.39. The molecule has 82 valence electrons. The summed E-state index contributed by atoms with van der Waals surface area (Å²) in [6.07, 6.45) is 3.26. The van der Waals surface area contributed by atoms with Crippen molar-refractivity contribution in [1.82, 2.24) is 9.97 Å². The lowest BCUT2D eigenvalue weighted by Crippen LogP contribution is -1.96. The summed E-state index contributed by atoms with van der Waals surface area (Å²) in [5.41, 5.74) is 1.58. The molecule has 2 aromatic rings. The van der Waals surface area contributed by atoms with Crippen molar-refractivity contribution in [2.75, 3.05) is 6.61 Å². The zero-order chi connectivity index (χ0) is 11.4. The molecule has 2 rings (SSSR count). The number of benzene rings is 1. The van der Waals surface area contributed by atoms with Gasteiger partial charge in [0, 0.05) is 5.56 Å². The normalized spacial score (nSPS) is 10.1. The Labute approximate surface area is 99.1 Å². The van der Waals surface area contributed by atoms with Crippen LogP contribution in [0, 0.1) is 0 Å². The topological polar surface area (TPSA) is 35.0 Å². The van der Waals surface area contributed by atoms with Gasteiger partial charge in [-0.3, -0.25) is 4.98 Å². The molecule has 0 unspecified atom stereocenters. The third-order valence-corrected chi connectivity index (χ3v) is 2.38. The summed E-state index contributed by atoms with van der Waals surface area (Å²) in [5.74, 6) is 0.514. The van der Waals surface area contributed by atoms with E-state index in [1.54, 1.807) is 12.4 Å². The molecule has 0 atom stereocenters. The fourth-order valence-electron chi connectivity index (χ4n) is 1.36. The Morgan fingerprint density at radius 2 is 2.06 bits per heavy atom. The first-order valence-electron chi connectivity index (χ1n) is 5.01.